The molecule has 2 rings (SSSR count). The van der Waals surface area contributed by atoms with Gasteiger partial charge in [-0.25, -0.2) is 4.68 Å². The van der Waals surface area contributed by atoms with Crippen molar-refractivity contribution in [3.05, 3.63) is 48.3 Å². The van der Waals surface area contributed by atoms with Gasteiger partial charge in [-0.15, -0.1) is 12.4 Å². The maximum atomic E-state index is 12.2. The molecule has 2 atom stereocenters. The van der Waals surface area contributed by atoms with Crippen LogP contribution in [0, 0.1) is 5.92 Å². The maximum absolute atomic E-state index is 12.2. The van der Waals surface area contributed by atoms with Crippen molar-refractivity contribution in [1.82, 2.24) is 14.7 Å². The van der Waals surface area contributed by atoms with Crippen LogP contribution in [0.2, 0.25) is 0 Å². The Bertz CT molecular complexity index is 597. The van der Waals surface area contributed by atoms with Crippen LogP contribution in [-0.2, 0) is 11.3 Å². The standard InChI is InChI=1S/C16H22N4O.ClH/c1-12(13(2)17)16(21)19(3)10-14-9-18-20(11-14)15-7-5-4-6-8-15;/h4-9,11-13H,10,17H2,1-3H3;1H. The van der Waals surface area contributed by atoms with Crippen LogP contribution in [0.15, 0.2) is 42.7 Å². The van der Waals surface area contributed by atoms with Gasteiger partial charge in [0.1, 0.15) is 0 Å². The molecule has 0 bridgehead atoms. The first-order valence-electron chi connectivity index (χ1n) is 7.08. The Morgan fingerprint density at radius 3 is 2.55 bits per heavy atom. The topological polar surface area (TPSA) is 64.2 Å². The monoisotopic (exact) mass is 322 g/mol. The number of hydrogen-bond donors (Lipinski definition) is 1. The van der Waals surface area contributed by atoms with E-state index in [0.717, 1.165) is 11.3 Å². The van der Waals surface area contributed by atoms with Crippen molar-refractivity contribution >= 4 is 18.3 Å². The number of nitrogens with two attached hydrogens (primary N) is 1. The smallest absolute Gasteiger partial charge is 0.226 e. The fourth-order valence-electron chi connectivity index (χ4n) is 2.09. The average molecular weight is 323 g/mol. The Morgan fingerprint density at radius 1 is 1.32 bits per heavy atom. The van der Waals surface area contributed by atoms with Gasteiger partial charge in [-0.2, -0.15) is 5.10 Å². The van der Waals surface area contributed by atoms with E-state index < -0.39 is 0 Å². The molecular weight excluding hydrogens is 300 g/mol. The van der Waals surface area contributed by atoms with E-state index >= 15 is 0 Å². The quantitative estimate of drug-likeness (QED) is 0.918. The highest BCUT2D eigenvalue weighted by molar-refractivity contribution is 5.85. The van der Waals surface area contributed by atoms with Crippen LogP contribution >= 0.6 is 12.4 Å². The third-order valence-corrected chi connectivity index (χ3v) is 3.63. The van der Waals surface area contributed by atoms with Gasteiger partial charge in [-0.3, -0.25) is 4.79 Å². The number of rotatable bonds is 5. The predicted molar refractivity (Wildman–Crippen MR) is 90.1 cm³/mol. The number of hydrogen-bond acceptors (Lipinski definition) is 3. The Kier molecular flexibility index (Phi) is 6.59. The SMILES string of the molecule is CC(N)C(C)C(=O)N(C)Cc1cnn(-c2ccccc2)c1.Cl. The summed E-state index contributed by atoms with van der Waals surface area (Å²) in [6.07, 6.45) is 3.73. The Labute approximate surface area is 137 Å². The van der Waals surface area contributed by atoms with E-state index in [9.17, 15) is 4.79 Å². The molecule has 0 radical (unpaired) electrons. The van der Waals surface area contributed by atoms with Crippen LogP contribution < -0.4 is 5.73 Å². The second-order valence-electron chi connectivity index (χ2n) is 5.47. The molecule has 0 fully saturated rings. The lowest BCUT2D eigenvalue weighted by Crippen LogP contribution is -2.39. The molecule has 0 saturated carbocycles. The summed E-state index contributed by atoms with van der Waals surface area (Å²) in [6.45, 7) is 4.24. The summed E-state index contributed by atoms with van der Waals surface area (Å²) in [5, 5.41) is 4.33. The lowest BCUT2D eigenvalue weighted by atomic mass is 10.0. The van der Waals surface area contributed by atoms with Crippen molar-refractivity contribution < 1.29 is 4.79 Å². The molecule has 5 nitrogen and oxygen atoms in total. The summed E-state index contributed by atoms with van der Waals surface area (Å²) < 4.78 is 1.81. The Morgan fingerprint density at radius 2 is 1.95 bits per heavy atom. The highest BCUT2D eigenvalue weighted by atomic mass is 35.5. The first kappa shape index (κ1) is 18.2. The molecular formula is C16H23ClN4O. The largest absolute Gasteiger partial charge is 0.341 e. The van der Waals surface area contributed by atoms with Gasteiger partial charge in [0.2, 0.25) is 5.91 Å². The highest BCUT2D eigenvalue weighted by Crippen LogP contribution is 2.11. The molecule has 0 saturated heterocycles. The second-order valence-corrected chi connectivity index (χ2v) is 5.47. The fourth-order valence-corrected chi connectivity index (χ4v) is 2.09. The molecule has 6 heteroatoms. The van der Waals surface area contributed by atoms with Crippen molar-refractivity contribution in [2.75, 3.05) is 7.05 Å². The van der Waals surface area contributed by atoms with Gasteiger partial charge in [0.05, 0.1) is 17.8 Å². The third-order valence-electron chi connectivity index (χ3n) is 3.63. The minimum absolute atomic E-state index is 0. The summed E-state index contributed by atoms with van der Waals surface area (Å²) in [5.74, 6) is -0.128. The first-order valence-corrected chi connectivity index (χ1v) is 7.08. The van der Waals surface area contributed by atoms with Gasteiger partial charge < -0.3 is 10.6 Å². The van der Waals surface area contributed by atoms with Crippen LogP contribution in [0.4, 0.5) is 0 Å². The zero-order valence-corrected chi connectivity index (χ0v) is 14.0. The number of nitrogens with zero attached hydrogens (tertiary/aromatic N) is 3. The van der Waals surface area contributed by atoms with Crippen LogP contribution in [0.1, 0.15) is 19.4 Å². The minimum Gasteiger partial charge on any atom is -0.341 e. The van der Waals surface area contributed by atoms with Gasteiger partial charge in [0, 0.05) is 31.4 Å². The first-order chi connectivity index (χ1) is 9.99. The second kappa shape index (κ2) is 7.96. The Balaban J connectivity index is 0.00000242. The van der Waals surface area contributed by atoms with E-state index in [1.54, 1.807) is 18.1 Å². The molecule has 1 amide bonds. The number of carbonyl (C=O) groups excluding carboxylic acids is 1. The van der Waals surface area contributed by atoms with E-state index in [1.807, 2.05) is 55.1 Å². The summed E-state index contributed by atoms with van der Waals surface area (Å²) in [5.41, 5.74) is 7.78. The number of benzene rings is 1. The van der Waals surface area contributed by atoms with E-state index in [-0.39, 0.29) is 30.3 Å². The third kappa shape index (κ3) is 4.32. The summed E-state index contributed by atoms with van der Waals surface area (Å²) in [6, 6.07) is 9.74. The van der Waals surface area contributed by atoms with E-state index in [0.29, 0.717) is 6.54 Å². The van der Waals surface area contributed by atoms with Gasteiger partial charge in [0.15, 0.2) is 0 Å². The average Bonchev–Trinajstić information content (AvgIpc) is 2.95. The van der Waals surface area contributed by atoms with Crippen LogP contribution in [0.5, 0.6) is 0 Å². The van der Waals surface area contributed by atoms with Crippen LogP contribution in [0.25, 0.3) is 5.69 Å². The molecule has 2 unspecified atom stereocenters. The fraction of sp³-hybridized carbons (Fsp3) is 0.375. The van der Waals surface area contributed by atoms with E-state index in [2.05, 4.69) is 5.10 Å². The van der Waals surface area contributed by atoms with Gasteiger partial charge >= 0.3 is 0 Å². The van der Waals surface area contributed by atoms with Crippen molar-refractivity contribution in [3.63, 3.8) is 0 Å². The van der Waals surface area contributed by atoms with Crippen molar-refractivity contribution in [3.8, 4) is 5.69 Å². The van der Waals surface area contributed by atoms with Crippen molar-refractivity contribution in [2.45, 2.75) is 26.4 Å². The number of aromatic nitrogens is 2. The van der Waals surface area contributed by atoms with Gasteiger partial charge in [-0.05, 0) is 19.1 Å². The Hall–Kier alpha value is -1.85. The molecule has 1 aromatic carbocycles. The lowest BCUT2D eigenvalue weighted by Gasteiger charge is -2.22. The van der Waals surface area contributed by atoms with Crippen LogP contribution in [-0.4, -0.2) is 33.7 Å². The van der Waals surface area contributed by atoms with E-state index in [1.165, 1.54) is 0 Å². The molecule has 2 N–H and O–H groups in total. The molecule has 0 aliphatic heterocycles. The molecule has 0 aliphatic rings. The number of halogens is 1. The molecule has 1 heterocycles. The normalized spacial score (nSPS) is 13.1. The highest BCUT2D eigenvalue weighted by Gasteiger charge is 2.21. The summed E-state index contributed by atoms with van der Waals surface area (Å²) in [4.78, 5) is 13.9. The lowest BCUT2D eigenvalue weighted by molar-refractivity contribution is -0.134. The molecule has 2 aromatic rings. The predicted octanol–water partition coefficient (Wildman–Crippen LogP) is 2.24. The molecule has 22 heavy (non-hydrogen) atoms. The van der Waals surface area contributed by atoms with Gasteiger partial charge in [-0.1, -0.05) is 25.1 Å². The molecule has 0 spiro atoms. The van der Waals surface area contributed by atoms with Crippen molar-refractivity contribution in [1.29, 1.82) is 0 Å². The number of amides is 1. The number of carbonyl (C=O) groups is 1. The zero-order chi connectivity index (χ0) is 15.4. The number of para-hydroxylation sites is 1. The van der Waals surface area contributed by atoms with Crippen LogP contribution in [0.3, 0.4) is 0 Å². The molecule has 1 aromatic heterocycles. The summed E-state index contributed by atoms with van der Waals surface area (Å²) >= 11 is 0. The van der Waals surface area contributed by atoms with Crippen molar-refractivity contribution in [2.24, 2.45) is 11.7 Å². The molecule has 0 aliphatic carbocycles. The van der Waals surface area contributed by atoms with E-state index in [4.69, 9.17) is 5.73 Å². The summed E-state index contributed by atoms with van der Waals surface area (Å²) in [7, 11) is 1.79. The minimum atomic E-state index is -0.181. The van der Waals surface area contributed by atoms with Gasteiger partial charge in [0.25, 0.3) is 0 Å². The molecule has 120 valence electrons. The zero-order valence-electron chi connectivity index (χ0n) is 13.1. The maximum Gasteiger partial charge on any atom is 0.226 e.